The molecule has 5 rings (SSSR count). The number of carbonyl (C=O) groups excluding carboxylic acids is 1. The zero-order chi connectivity index (χ0) is 22.4. The number of furan rings is 2. The fourth-order valence-electron chi connectivity index (χ4n) is 4.77. The highest BCUT2D eigenvalue weighted by atomic mass is 16.5. The fraction of sp³-hybridized carbons (Fsp3) is 0.346. The van der Waals surface area contributed by atoms with Gasteiger partial charge in [0.2, 0.25) is 0 Å². The number of hydrogen-bond acceptors (Lipinski definition) is 6. The first-order chi connectivity index (χ1) is 15.4. The number of ether oxygens (including phenoxy) is 3. The minimum atomic E-state index is -0.224. The first-order valence-electron chi connectivity index (χ1n) is 10.8. The second-order valence-corrected chi connectivity index (χ2v) is 8.55. The summed E-state index contributed by atoms with van der Waals surface area (Å²) in [5, 5.41) is 1.98. The number of cyclic esters (lactones) is 1. The number of esters is 1. The van der Waals surface area contributed by atoms with E-state index in [1.165, 1.54) is 0 Å². The largest absolute Gasteiger partial charge is 0.493 e. The SMILES string of the molecule is COc1cc(C[C@H]2COC(=O)[C@@H]2Cc2cc(OC)c3oc(C)cc3c2)cc2cc(C)oc12. The standard InChI is InChI=1S/C26H26O6/c1-14-5-18-7-16(11-22(28-3)24(18)31-14)9-20-13-30-26(27)21(20)10-17-8-19-6-15(2)32-25(19)23(12-17)29-4/h5-8,11-12,20-21H,9-10,13H2,1-4H3/t20-,21+/m0/s1. The zero-order valence-corrected chi connectivity index (χ0v) is 18.7. The van der Waals surface area contributed by atoms with Crippen LogP contribution in [0.5, 0.6) is 11.5 Å². The molecule has 1 aliphatic rings. The molecule has 2 aromatic carbocycles. The molecule has 2 atom stereocenters. The highest BCUT2D eigenvalue weighted by Crippen LogP contribution is 2.36. The summed E-state index contributed by atoms with van der Waals surface area (Å²) < 4.78 is 28.1. The van der Waals surface area contributed by atoms with Gasteiger partial charge >= 0.3 is 5.97 Å². The zero-order valence-electron chi connectivity index (χ0n) is 18.7. The van der Waals surface area contributed by atoms with Crippen molar-refractivity contribution in [1.29, 1.82) is 0 Å². The highest BCUT2D eigenvalue weighted by Gasteiger charge is 2.37. The molecule has 0 aliphatic carbocycles. The van der Waals surface area contributed by atoms with E-state index in [1.807, 2.05) is 38.1 Å². The Morgan fingerprint density at radius 2 is 1.34 bits per heavy atom. The van der Waals surface area contributed by atoms with Crippen molar-refractivity contribution in [3.05, 3.63) is 59.0 Å². The number of rotatable bonds is 6. The van der Waals surface area contributed by atoms with E-state index >= 15 is 0 Å². The highest BCUT2D eigenvalue weighted by molar-refractivity contribution is 5.86. The number of methoxy groups -OCH3 is 2. The molecule has 0 saturated carbocycles. The summed E-state index contributed by atoms with van der Waals surface area (Å²) in [6, 6.07) is 12.1. The Bertz CT molecular complexity index is 1310. The van der Waals surface area contributed by atoms with Gasteiger partial charge in [-0.1, -0.05) is 0 Å². The van der Waals surface area contributed by atoms with Crippen LogP contribution in [0.25, 0.3) is 21.9 Å². The van der Waals surface area contributed by atoms with Gasteiger partial charge in [-0.05, 0) is 74.2 Å². The topological polar surface area (TPSA) is 71.0 Å². The minimum Gasteiger partial charge on any atom is -0.493 e. The molecular formula is C26H26O6. The number of benzene rings is 2. The lowest BCUT2D eigenvalue weighted by Crippen LogP contribution is -2.20. The summed E-state index contributed by atoms with van der Waals surface area (Å²) >= 11 is 0. The Kier molecular flexibility index (Phi) is 5.08. The maximum atomic E-state index is 12.6. The van der Waals surface area contributed by atoms with Crippen LogP contribution in [0.1, 0.15) is 22.6 Å². The van der Waals surface area contributed by atoms with E-state index in [1.54, 1.807) is 14.2 Å². The minimum absolute atomic E-state index is 0.0745. The van der Waals surface area contributed by atoms with Crippen molar-refractivity contribution in [1.82, 2.24) is 0 Å². The van der Waals surface area contributed by atoms with Crippen LogP contribution in [0.2, 0.25) is 0 Å². The lowest BCUT2D eigenvalue weighted by Gasteiger charge is -2.16. The van der Waals surface area contributed by atoms with Crippen LogP contribution >= 0.6 is 0 Å². The smallest absolute Gasteiger partial charge is 0.309 e. The van der Waals surface area contributed by atoms with E-state index in [4.69, 9.17) is 23.0 Å². The van der Waals surface area contributed by atoms with Crippen LogP contribution in [0.4, 0.5) is 0 Å². The normalized spacial score (nSPS) is 18.4. The van der Waals surface area contributed by atoms with Crippen molar-refractivity contribution < 1.29 is 27.8 Å². The molecule has 6 nitrogen and oxygen atoms in total. The number of aryl methyl sites for hydroxylation is 2. The molecule has 4 aromatic rings. The Hall–Kier alpha value is -3.41. The third kappa shape index (κ3) is 3.60. The van der Waals surface area contributed by atoms with Gasteiger partial charge in [-0.2, -0.15) is 0 Å². The van der Waals surface area contributed by atoms with Gasteiger partial charge in [0.15, 0.2) is 22.7 Å². The van der Waals surface area contributed by atoms with E-state index in [2.05, 4.69) is 12.1 Å². The summed E-state index contributed by atoms with van der Waals surface area (Å²) in [6.45, 7) is 4.25. The molecule has 6 heteroatoms. The molecule has 0 N–H and O–H groups in total. The van der Waals surface area contributed by atoms with Crippen molar-refractivity contribution >= 4 is 27.9 Å². The molecule has 0 bridgehead atoms. The maximum absolute atomic E-state index is 12.6. The van der Waals surface area contributed by atoms with E-state index in [-0.39, 0.29) is 17.8 Å². The molecule has 166 valence electrons. The Morgan fingerprint density at radius 3 is 1.88 bits per heavy atom. The van der Waals surface area contributed by atoms with Gasteiger partial charge in [0.1, 0.15) is 11.5 Å². The van der Waals surface area contributed by atoms with E-state index in [0.717, 1.165) is 51.0 Å². The molecule has 1 fully saturated rings. The molecule has 3 heterocycles. The van der Waals surface area contributed by atoms with Gasteiger partial charge in [0.05, 0.1) is 26.7 Å². The van der Waals surface area contributed by atoms with E-state index in [9.17, 15) is 4.79 Å². The molecule has 1 aliphatic heterocycles. The van der Waals surface area contributed by atoms with Crippen molar-refractivity contribution in [2.24, 2.45) is 11.8 Å². The second-order valence-electron chi connectivity index (χ2n) is 8.55. The first kappa shape index (κ1) is 20.5. The lowest BCUT2D eigenvalue weighted by molar-refractivity contribution is -0.141. The molecule has 2 aromatic heterocycles. The number of hydrogen-bond donors (Lipinski definition) is 0. The van der Waals surface area contributed by atoms with Crippen LogP contribution < -0.4 is 9.47 Å². The van der Waals surface area contributed by atoms with Crippen molar-refractivity contribution in [2.75, 3.05) is 20.8 Å². The Labute approximate surface area is 186 Å². The van der Waals surface area contributed by atoms with Crippen molar-refractivity contribution in [2.45, 2.75) is 26.7 Å². The van der Waals surface area contributed by atoms with Gasteiger partial charge in [-0.15, -0.1) is 0 Å². The van der Waals surface area contributed by atoms with Crippen molar-refractivity contribution in [3.63, 3.8) is 0 Å². The average Bonchev–Trinajstić information content (AvgIpc) is 3.43. The first-order valence-corrected chi connectivity index (χ1v) is 10.8. The van der Waals surface area contributed by atoms with Crippen LogP contribution in [0.3, 0.4) is 0 Å². The van der Waals surface area contributed by atoms with E-state index in [0.29, 0.717) is 24.5 Å². The van der Waals surface area contributed by atoms with Crippen molar-refractivity contribution in [3.8, 4) is 11.5 Å². The predicted octanol–water partition coefficient (Wildman–Crippen LogP) is 5.39. The summed E-state index contributed by atoms with van der Waals surface area (Å²) in [6.07, 6.45) is 1.31. The summed E-state index contributed by atoms with van der Waals surface area (Å²) in [5.41, 5.74) is 3.61. The Morgan fingerprint density at radius 1 is 0.812 bits per heavy atom. The summed E-state index contributed by atoms with van der Waals surface area (Å²) in [5.74, 6) is 2.75. The second kappa shape index (κ2) is 7.93. The van der Waals surface area contributed by atoms with Crippen LogP contribution in [0.15, 0.2) is 45.2 Å². The van der Waals surface area contributed by atoms with E-state index < -0.39 is 0 Å². The van der Waals surface area contributed by atoms with Gasteiger partial charge in [0, 0.05) is 16.7 Å². The number of fused-ring (bicyclic) bond motifs is 2. The fourth-order valence-corrected chi connectivity index (χ4v) is 4.77. The maximum Gasteiger partial charge on any atom is 0.309 e. The quantitative estimate of drug-likeness (QED) is 0.379. The Balaban J connectivity index is 1.43. The summed E-state index contributed by atoms with van der Waals surface area (Å²) in [7, 11) is 3.27. The molecule has 0 radical (unpaired) electrons. The van der Waals surface area contributed by atoms with Gasteiger partial charge in [-0.25, -0.2) is 0 Å². The molecule has 0 amide bonds. The molecule has 32 heavy (non-hydrogen) atoms. The van der Waals surface area contributed by atoms with Gasteiger partial charge < -0.3 is 23.0 Å². The molecule has 0 spiro atoms. The van der Waals surface area contributed by atoms with Crippen LogP contribution in [-0.4, -0.2) is 26.8 Å². The summed E-state index contributed by atoms with van der Waals surface area (Å²) in [4.78, 5) is 12.6. The molecule has 0 unspecified atom stereocenters. The molecule has 1 saturated heterocycles. The van der Waals surface area contributed by atoms with Gasteiger partial charge in [0.25, 0.3) is 0 Å². The predicted molar refractivity (Wildman–Crippen MR) is 120 cm³/mol. The monoisotopic (exact) mass is 434 g/mol. The molecular weight excluding hydrogens is 408 g/mol. The lowest BCUT2D eigenvalue weighted by atomic mass is 9.84. The third-order valence-electron chi connectivity index (χ3n) is 6.24. The van der Waals surface area contributed by atoms with Crippen LogP contribution in [0, 0.1) is 25.7 Å². The van der Waals surface area contributed by atoms with Gasteiger partial charge in [-0.3, -0.25) is 4.79 Å². The third-order valence-corrected chi connectivity index (χ3v) is 6.24. The average molecular weight is 434 g/mol. The number of carbonyl (C=O) groups is 1. The van der Waals surface area contributed by atoms with Crippen LogP contribution in [-0.2, 0) is 22.4 Å².